The minimum absolute atomic E-state index is 0.737. The van der Waals surface area contributed by atoms with E-state index in [9.17, 15) is 0 Å². The van der Waals surface area contributed by atoms with Gasteiger partial charge in [0.25, 0.3) is 0 Å². The quantitative estimate of drug-likeness (QED) is 0.480. The van der Waals surface area contributed by atoms with E-state index in [0.717, 1.165) is 5.92 Å². The zero-order valence-electron chi connectivity index (χ0n) is 9.84. The summed E-state index contributed by atoms with van der Waals surface area (Å²) in [6.45, 7) is 8.75. The van der Waals surface area contributed by atoms with E-state index < -0.39 is 0 Å². The zero-order valence-corrected chi connectivity index (χ0v) is 9.84. The highest BCUT2D eigenvalue weighted by atomic mass is 15.0. The summed E-state index contributed by atoms with van der Waals surface area (Å²) in [7, 11) is 0. The highest BCUT2D eigenvalue weighted by Gasteiger charge is 2.17. The second-order valence-electron chi connectivity index (χ2n) is 4.97. The van der Waals surface area contributed by atoms with Gasteiger partial charge in [-0.1, -0.05) is 18.2 Å². The molecule has 1 saturated heterocycles. The summed E-state index contributed by atoms with van der Waals surface area (Å²) in [6.07, 6.45) is 11.3. The number of rotatable bonds is 2. The Morgan fingerprint density at radius 2 is 2.20 bits per heavy atom. The first-order valence-electron chi connectivity index (χ1n) is 6.19. The van der Waals surface area contributed by atoms with Gasteiger partial charge in [0, 0.05) is 18.4 Å². The largest absolute Gasteiger partial charge is 0.236 e. The Balaban J connectivity index is 1.95. The van der Waals surface area contributed by atoms with Gasteiger partial charge in [0.05, 0.1) is 0 Å². The fourth-order valence-electron chi connectivity index (χ4n) is 2.52. The first-order chi connectivity index (χ1) is 7.25. The van der Waals surface area contributed by atoms with E-state index in [-0.39, 0.29) is 0 Å². The Morgan fingerprint density at radius 3 is 2.73 bits per heavy atom. The van der Waals surface area contributed by atoms with E-state index in [4.69, 9.17) is 0 Å². The van der Waals surface area contributed by atoms with Crippen molar-refractivity contribution >= 4 is 6.21 Å². The molecular weight excluding hydrogens is 182 g/mol. The standard InChI is InChI=1S/C14H22N/c1-12(2)14-7-5-13(6-8-14)11-15-9-3-4-10-15/h5,11,14H,1,3-4,6-10H2,2H3/q+1/t14-/m1/s1. The fraction of sp³-hybridized carbons (Fsp3) is 0.643. The minimum Gasteiger partial charge on any atom is -0.236 e. The van der Waals surface area contributed by atoms with E-state index in [1.54, 1.807) is 5.57 Å². The van der Waals surface area contributed by atoms with Crippen LogP contribution in [-0.2, 0) is 0 Å². The van der Waals surface area contributed by atoms with E-state index in [1.807, 2.05) is 0 Å². The molecule has 82 valence electrons. The molecule has 0 aromatic rings. The second kappa shape index (κ2) is 4.78. The molecule has 0 radical (unpaired) electrons. The highest BCUT2D eigenvalue weighted by Crippen LogP contribution is 2.27. The van der Waals surface area contributed by atoms with Gasteiger partial charge in [-0.25, -0.2) is 4.58 Å². The smallest absolute Gasteiger partial charge is 0.166 e. The average Bonchev–Trinajstić information content (AvgIpc) is 2.71. The summed E-state index contributed by atoms with van der Waals surface area (Å²) in [5.41, 5.74) is 2.90. The molecular formula is C14H22N+. The van der Waals surface area contributed by atoms with Gasteiger partial charge in [-0.3, -0.25) is 0 Å². The Bertz CT molecular complexity index is 301. The predicted octanol–water partition coefficient (Wildman–Crippen LogP) is 3.17. The predicted molar refractivity (Wildman–Crippen MR) is 65.5 cm³/mol. The van der Waals surface area contributed by atoms with Crippen molar-refractivity contribution in [2.24, 2.45) is 5.92 Å². The van der Waals surface area contributed by atoms with Gasteiger partial charge in [0.2, 0.25) is 0 Å². The first-order valence-corrected chi connectivity index (χ1v) is 6.19. The molecule has 15 heavy (non-hydrogen) atoms. The maximum Gasteiger partial charge on any atom is 0.166 e. The molecule has 1 fully saturated rings. The summed E-state index contributed by atoms with van der Waals surface area (Å²) in [5, 5.41) is 0. The molecule has 1 aliphatic carbocycles. The lowest BCUT2D eigenvalue weighted by Gasteiger charge is -2.19. The van der Waals surface area contributed by atoms with Crippen LogP contribution in [-0.4, -0.2) is 23.9 Å². The Morgan fingerprint density at radius 1 is 1.47 bits per heavy atom. The van der Waals surface area contributed by atoms with Crippen molar-refractivity contribution in [3.63, 3.8) is 0 Å². The van der Waals surface area contributed by atoms with Crippen LogP contribution in [0.25, 0.3) is 0 Å². The van der Waals surface area contributed by atoms with Gasteiger partial charge in [0.1, 0.15) is 13.1 Å². The molecule has 0 amide bonds. The van der Waals surface area contributed by atoms with Crippen molar-refractivity contribution in [1.82, 2.24) is 0 Å². The van der Waals surface area contributed by atoms with Gasteiger partial charge in [-0.15, -0.1) is 0 Å². The Hall–Kier alpha value is -0.850. The number of allylic oxidation sites excluding steroid dienone is 3. The van der Waals surface area contributed by atoms with Gasteiger partial charge < -0.3 is 0 Å². The third-order valence-electron chi connectivity index (χ3n) is 3.63. The molecule has 0 aromatic heterocycles. The van der Waals surface area contributed by atoms with Crippen LogP contribution in [0, 0.1) is 5.92 Å². The van der Waals surface area contributed by atoms with Crippen molar-refractivity contribution in [2.45, 2.75) is 39.0 Å². The van der Waals surface area contributed by atoms with Crippen molar-refractivity contribution in [1.29, 1.82) is 0 Å². The topological polar surface area (TPSA) is 3.01 Å². The lowest BCUT2D eigenvalue weighted by atomic mass is 9.86. The van der Waals surface area contributed by atoms with E-state index in [0.29, 0.717) is 0 Å². The van der Waals surface area contributed by atoms with E-state index in [1.165, 1.54) is 50.8 Å². The molecule has 1 heterocycles. The minimum atomic E-state index is 0.737. The van der Waals surface area contributed by atoms with Gasteiger partial charge in [-0.05, 0) is 32.1 Å². The molecule has 2 aliphatic rings. The Kier molecular flexibility index (Phi) is 3.40. The molecule has 2 rings (SSSR count). The molecule has 1 heteroatoms. The lowest BCUT2D eigenvalue weighted by molar-refractivity contribution is -0.501. The summed E-state index contributed by atoms with van der Waals surface area (Å²) >= 11 is 0. The number of hydrogen-bond acceptors (Lipinski definition) is 0. The van der Waals surface area contributed by atoms with Crippen LogP contribution in [0.3, 0.4) is 0 Å². The van der Waals surface area contributed by atoms with Crippen LogP contribution in [0.2, 0.25) is 0 Å². The average molecular weight is 204 g/mol. The molecule has 0 aromatic carbocycles. The van der Waals surface area contributed by atoms with Gasteiger partial charge in [-0.2, -0.15) is 0 Å². The highest BCUT2D eigenvalue weighted by molar-refractivity contribution is 5.74. The lowest BCUT2D eigenvalue weighted by Crippen LogP contribution is -2.13. The van der Waals surface area contributed by atoms with Gasteiger partial charge >= 0.3 is 0 Å². The summed E-state index contributed by atoms with van der Waals surface area (Å²) in [5.74, 6) is 0.737. The molecule has 0 unspecified atom stereocenters. The van der Waals surface area contributed by atoms with E-state index >= 15 is 0 Å². The van der Waals surface area contributed by atoms with Crippen molar-refractivity contribution in [3.8, 4) is 0 Å². The van der Waals surface area contributed by atoms with Crippen LogP contribution in [0.1, 0.15) is 39.0 Å². The summed E-state index contributed by atoms with van der Waals surface area (Å²) in [4.78, 5) is 0. The first kappa shape index (κ1) is 10.7. The molecule has 0 spiro atoms. The van der Waals surface area contributed by atoms with Crippen LogP contribution in [0.4, 0.5) is 0 Å². The molecule has 0 N–H and O–H groups in total. The molecule has 1 atom stereocenters. The molecule has 1 nitrogen and oxygen atoms in total. The number of hydrogen-bond donors (Lipinski definition) is 0. The van der Waals surface area contributed by atoms with Crippen LogP contribution in [0.5, 0.6) is 0 Å². The second-order valence-corrected chi connectivity index (χ2v) is 4.97. The van der Waals surface area contributed by atoms with Crippen LogP contribution in [0.15, 0.2) is 23.8 Å². The van der Waals surface area contributed by atoms with Crippen molar-refractivity contribution in [2.75, 3.05) is 13.1 Å². The maximum atomic E-state index is 4.06. The van der Waals surface area contributed by atoms with E-state index in [2.05, 4.69) is 30.4 Å². The maximum absolute atomic E-state index is 4.06. The SMILES string of the molecule is C=C(C)[C@@H]1CC=C(C=[N+]2CCCC2)CC1. The fourth-order valence-corrected chi connectivity index (χ4v) is 2.52. The third kappa shape index (κ3) is 2.80. The third-order valence-corrected chi connectivity index (χ3v) is 3.63. The summed E-state index contributed by atoms with van der Waals surface area (Å²) < 4.78 is 2.48. The molecule has 0 bridgehead atoms. The summed E-state index contributed by atoms with van der Waals surface area (Å²) in [6, 6.07) is 0. The van der Waals surface area contributed by atoms with Crippen LogP contribution < -0.4 is 0 Å². The zero-order chi connectivity index (χ0) is 10.7. The van der Waals surface area contributed by atoms with Crippen molar-refractivity contribution in [3.05, 3.63) is 23.8 Å². The monoisotopic (exact) mass is 204 g/mol. The Labute approximate surface area is 93.2 Å². The molecule has 0 saturated carbocycles. The van der Waals surface area contributed by atoms with Gasteiger partial charge in [0.15, 0.2) is 6.21 Å². The van der Waals surface area contributed by atoms with Crippen LogP contribution >= 0.6 is 0 Å². The van der Waals surface area contributed by atoms with Crippen molar-refractivity contribution < 1.29 is 4.58 Å². The normalized spacial score (nSPS) is 26.3. The number of nitrogens with zero attached hydrogens (tertiary/aromatic N) is 1. The molecule has 1 aliphatic heterocycles.